The zero-order chi connectivity index (χ0) is 38.7. The second-order valence-electron chi connectivity index (χ2n) is 15.5. The van der Waals surface area contributed by atoms with Gasteiger partial charge in [-0.05, 0) is 99.1 Å². The Kier molecular flexibility index (Phi) is 6.81. The lowest BCUT2D eigenvalue weighted by Crippen LogP contribution is -2.25. The molecular weight excluding hydrogens is 739 g/mol. The van der Waals surface area contributed by atoms with Crippen molar-refractivity contribution in [1.29, 1.82) is 0 Å². The normalized spacial score (nSPS) is 13.5. The summed E-state index contributed by atoms with van der Waals surface area (Å²) in [6, 6.07) is 72.1. The Morgan fingerprint density at radius 1 is 0.390 bits per heavy atom. The van der Waals surface area contributed by atoms with Gasteiger partial charge in [0.25, 0.3) is 0 Å². The second-order valence-corrected chi connectivity index (χ2v) is 16.6. The number of ether oxygens (including phenoxy) is 2. The Morgan fingerprint density at radius 3 is 1.80 bits per heavy atom. The number of anilines is 3. The molecular formula is C55H33NO2S. The zero-order valence-electron chi connectivity index (χ0n) is 31.7. The minimum absolute atomic E-state index is 0.485. The molecule has 1 aromatic heterocycles. The zero-order valence-corrected chi connectivity index (χ0v) is 32.5. The average Bonchev–Trinajstić information content (AvgIpc) is 3.93. The molecule has 0 fully saturated rings. The predicted octanol–water partition coefficient (Wildman–Crippen LogP) is 15.4. The van der Waals surface area contributed by atoms with Crippen LogP contribution in [0.2, 0.25) is 0 Å². The van der Waals surface area contributed by atoms with E-state index >= 15 is 0 Å². The molecule has 0 N–H and O–H groups in total. The smallest absolute Gasteiger partial charge is 0.194 e. The third-order valence-corrected chi connectivity index (χ3v) is 13.7. The molecule has 3 aliphatic rings. The molecule has 1 spiro atoms. The Balaban J connectivity index is 1.01. The van der Waals surface area contributed by atoms with E-state index < -0.39 is 5.41 Å². The van der Waals surface area contributed by atoms with Gasteiger partial charge in [0.2, 0.25) is 0 Å². The number of nitrogens with zero attached hydrogens (tertiary/aromatic N) is 1. The van der Waals surface area contributed by atoms with E-state index in [-0.39, 0.29) is 0 Å². The molecule has 3 nitrogen and oxygen atoms in total. The molecule has 0 atom stereocenters. The van der Waals surface area contributed by atoms with E-state index in [1.807, 2.05) is 17.4 Å². The van der Waals surface area contributed by atoms with Crippen LogP contribution in [0.5, 0.6) is 23.0 Å². The van der Waals surface area contributed by atoms with Gasteiger partial charge in [-0.15, -0.1) is 11.3 Å². The number of benzene rings is 9. The fraction of sp³-hybridized carbons (Fsp3) is 0.0182. The molecule has 0 unspecified atom stereocenters. The van der Waals surface area contributed by atoms with Crippen LogP contribution in [0.4, 0.5) is 17.1 Å². The van der Waals surface area contributed by atoms with E-state index in [2.05, 4.69) is 199 Å². The Bertz CT molecular complexity index is 3320. The summed E-state index contributed by atoms with van der Waals surface area (Å²) in [6.07, 6.45) is 0. The van der Waals surface area contributed by atoms with Crippen molar-refractivity contribution in [3.05, 3.63) is 222 Å². The highest BCUT2D eigenvalue weighted by atomic mass is 32.1. The van der Waals surface area contributed by atoms with E-state index in [0.29, 0.717) is 17.2 Å². The van der Waals surface area contributed by atoms with E-state index in [9.17, 15) is 0 Å². The van der Waals surface area contributed by atoms with Gasteiger partial charge in [0.05, 0.1) is 16.8 Å². The SMILES string of the molecule is c1ccc(N(c2ccccc2-c2ccc3sc4ccccc4c3c2)c2cccc3c2Oc2c(ccc4c2-c2ccccc2C42c4ccccc4-c4ccccc42)O3)cc1. The molecule has 4 heteroatoms. The number of para-hydroxylation sites is 3. The first-order valence-corrected chi connectivity index (χ1v) is 20.9. The summed E-state index contributed by atoms with van der Waals surface area (Å²) in [5.41, 5.74) is 14.6. The van der Waals surface area contributed by atoms with E-state index in [0.717, 1.165) is 45.1 Å². The van der Waals surface area contributed by atoms with Crippen molar-refractivity contribution in [3.63, 3.8) is 0 Å². The quantitative estimate of drug-likeness (QED) is 0.178. The van der Waals surface area contributed by atoms with Crippen LogP contribution in [0.25, 0.3) is 53.6 Å². The molecule has 276 valence electrons. The van der Waals surface area contributed by atoms with Gasteiger partial charge in [-0.1, -0.05) is 146 Å². The maximum absolute atomic E-state index is 7.39. The lowest BCUT2D eigenvalue weighted by atomic mass is 9.70. The van der Waals surface area contributed by atoms with Gasteiger partial charge in [-0.25, -0.2) is 0 Å². The van der Waals surface area contributed by atoms with Crippen molar-refractivity contribution in [2.75, 3.05) is 4.90 Å². The summed E-state index contributed by atoms with van der Waals surface area (Å²) >= 11 is 1.84. The summed E-state index contributed by atoms with van der Waals surface area (Å²) in [5, 5.41) is 2.56. The average molecular weight is 772 g/mol. The molecule has 0 radical (unpaired) electrons. The van der Waals surface area contributed by atoms with Gasteiger partial charge in [0.1, 0.15) is 0 Å². The van der Waals surface area contributed by atoms with Crippen molar-refractivity contribution >= 4 is 48.6 Å². The minimum atomic E-state index is -0.485. The highest BCUT2D eigenvalue weighted by Crippen LogP contribution is 2.67. The standard InChI is InChI=1S/C55H33NO2S/c1-2-15-35(16-3-1)56(46-25-12-7-17-36(46)34-29-32-51-41(33-34)39-20-8-13-28-50(39)59-51)47-26-14-27-48-53(47)58-54-49(57-48)31-30-45-52(54)40-21-6-11-24-44(40)55(45)42-22-9-4-18-37(42)38-19-5-10-23-43(38)55/h1-33H. The molecule has 0 saturated carbocycles. The van der Waals surface area contributed by atoms with Crippen molar-refractivity contribution < 1.29 is 9.47 Å². The first-order chi connectivity index (χ1) is 29.3. The van der Waals surface area contributed by atoms with E-state index in [4.69, 9.17) is 9.47 Å². The van der Waals surface area contributed by atoms with Gasteiger partial charge < -0.3 is 14.4 Å². The predicted molar refractivity (Wildman–Crippen MR) is 242 cm³/mol. The molecule has 2 heterocycles. The van der Waals surface area contributed by atoms with Gasteiger partial charge in [0.15, 0.2) is 23.0 Å². The summed E-state index contributed by atoms with van der Waals surface area (Å²) in [5.74, 6) is 2.81. The lowest BCUT2D eigenvalue weighted by molar-refractivity contribution is 0.361. The highest BCUT2D eigenvalue weighted by molar-refractivity contribution is 7.25. The molecule has 0 bridgehead atoms. The molecule has 9 aromatic carbocycles. The summed E-state index contributed by atoms with van der Waals surface area (Å²) in [6.45, 7) is 0. The van der Waals surface area contributed by atoms with Crippen molar-refractivity contribution in [1.82, 2.24) is 0 Å². The van der Waals surface area contributed by atoms with Gasteiger partial charge in [-0.2, -0.15) is 0 Å². The lowest BCUT2D eigenvalue weighted by Gasteiger charge is -2.33. The molecule has 59 heavy (non-hydrogen) atoms. The molecule has 0 amide bonds. The monoisotopic (exact) mass is 771 g/mol. The van der Waals surface area contributed by atoms with Gasteiger partial charge >= 0.3 is 0 Å². The van der Waals surface area contributed by atoms with E-state index in [1.54, 1.807) is 0 Å². The van der Waals surface area contributed by atoms with Crippen LogP contribution < -0.4 is 14.4 Å². The summed E-state index contributed by atoms with van der Waals surface area (Å²) in [7, 11) is 0. The highest BCUT2D eigenvalue weighted by Gasteiger charge is 2.53. The second kappa shape index (κ2) is 12.3. The number of hydrogen-bond acceptors (Lipinski definition) is 4. The number of fused-ring (bicyclic) bond motifs is 16. The first kappa shape index (κ1) is 32.7. The van der Waals surface area contributed by atoms with Crippen molar-refractivity contribution in [2.45, 2.75) is 5.41 Å². The van der Waals surface area contributed by atoms with Crippen molar-refractivity contribution in [3.8, 4) is 56.4 Å². The molecule has 13 rings (SSSR count). The van der Waals surface area contributed by atoms with Crippen LogP contribution in [0.3, 0.4) is 0 Å². The van der Waals surface area contributed by atoms with Crippen LogP contribution in [0, 0.1) is 0 Å². The number of rotatable bonds is 4. The van der Waals surface area contributed by atoms with Crippen LogP contribution in [-0.4, -0.2) is 0 Å². The van der Waals surface area contributed by atoms with E-state index in [1.165, 1.54) is 53.6 Å². The Morgan fingerprint density at radius 2 is 1.00 bits per heavy atom. The first-order valence-electron chi connectivity index (χ1n) is 20.1. The van der Waals surface area contributed by atoms with Gasteiger partial charge in [-0.3, -0.25) is 0 Å². The van der Waals surface area contributed by atoms with Gasteiger partial charge in [0, 0.05) is 37.0 Å². The van der Waals surface area contributed by atoms with Crippen LogP contribution in [0.15, 0.2) is 200 Å². The Labute approximate surface area is 345 Å². The number of thiophene rings is 1. The van der Waals surface area contributed by atoms with Crippen LogP contribution in [-0.2, 0) is 5.41 Å². The maximum atomic E-state index is 7.39. The summed E-state index contributed by atoms with van der Waals surface area (Å²) < 4.78 is 16.9. The van der Waals surface area contributed by atoms with Crippen LogP contribution in [0.1, 0.15) is 22.3 Å². The fourth-order valence-corrected chi connectivity index (χ4v) is 11.3. The minimum Gasteiger partial charge on any atom is -0.449 e. The van der Waals surface area contributed by atoms with Crippen LogP contribution >= 0.6 is 11.3 Å². The molecule has 10 aromatic rings. The van der Waals surface area contributed by atoms with Crippen molar-refractivity contribution in [2.24, 2.45) is 0 Å². The number of hydrogen-bond donors (Lipinski definition) is 0. The third kappa shape index (κ3) is 4.47. The topological polar surface area (TPSA) is 21.7 Å². The fourth-order valence-electron chi connectivity index (χ4n) is 10.2. The molecule has 2 aliphatic carbocycles. The maximum Gasteiger partial charge on any atom is 0.194 e. The largest absolute Gasteiger partial charge is 0.449 e. The Hall–Kier alpha value is -7.40. The molecule has 0 saturated heterocycles. The molecule has 1 aliphatic heterocycles. The third-order valence-electron chi connectivity index (χ3n) is 12.5. The summed E-state index contributed by atoms with van der Waals surface area (Å²) in [4.78, 5) is 2.32.